The van der Waals surface area contributed by atoms with Gasteiger partial charge in [-0.2, -0.15) is 0 Å². The Morgan fingerprint density at radius 2 is 2.00 bits per heavy atom. The van der Waals surface area contributed by atoms with Gasteiger partial charge in [-0.25, -0.2) is 4.98 Å². The predicted octanol–water partition coefficient (Wildman–Crippen LogP) is 1.40. The van der Waals surface area contributed by atoms with Gasteiger partial charge >= 0.3 is 0 Å². The first-order valence-corrected chi connectivity index (χ1v) is 7.12. The molecule has 1 rings (SSSR count). The van der Waals surface area contributed by atoms with E-state index in [0.29, 0.717) is 25.4 Å². The number of nitrogens with zero attached hydrogens (tertiary/aromatic N) is 1. The molecule has 2 amide bonds. The van der Waals surface area contributed by atoms with Crippen molar-refractivity contribution >= 4 is 11.8 Å². The molecule has 0 aliphatic rings. The van der Waals surface area contributed by atoms with Gasteiger partial charge in [0.1, 0.15) is 0 Å². The molecule has 21 heavy (non-hydrogen) atoms. The average molecular weight is 293 g/mol. The van der Waals surface area contributed by atoms with Gasteiger partial charge in [0.05, 0.1) is 7.11 Å². The van der Waals surface area contributed by atoms with Crippen LogP contribution >= 0.6 is 0 Å². The molecule has 0 aromatic carbocycles. The van der Waals surface area contributed by atoms with Gasteiger partial charge in [0.15, 0.2) is 0 Å². The summed E-state index contributed by atoms with van der Waals surface area (Å²) >= 11 is 0. The van der Waals surface area contributed by atoms with E-state index in [1.54, 1.807) is 19.4 Å². The van der Waals surface area contributed by atoms with E-state index in [4.69, 9.17) is 4.74 Å². The van der Waals surface area contributed by atoms with Crippen LogP contribution in [0.3, 0.4) is 0 Å². The lowest BCUT2D eigenvalue weighted by Crippen LogP contribution is -2.23. The molecule has 0 fully saturated rings. The quantitative estimate of drug-likeness (QED) is 0.674. The van der Waals surface area contributed by atoms with E-state index in [-0.39, 0.29) is 11.8 Å². The maximum absolute atomic E-state index is 11.7. The fourth-order valence-corrected chi connectivity index (χ4v) is 1.78. The van der Waals surface area contributed by atoms with E-state index >= 15 is 0 Å². The maximum Gasteiger partial charge on any atom is 0.220 e. The smallest absolute Gasteiger partial charge is 0.220 e. The molecule has 0 saturated carbocycles. The Morgan fingerprint density at radius 1 is 1.19 bits per heavy atom. The molecule has 0 atom stereocenters. The fraction of sp³-hybridized carbons (Fsp3) is 0.533. The zero-order chi connectivity index (χ0) is 15.5. The van der Waals surface area contributed by atoms with E-state index < -0.39 is 0 Å². The number of unbranched alkanes of at least 4 members (excludes halogenated alkanes) is 2. The molecular weight excluding hydrogens is 270 g/mol. The second-order valence-electron chi connectivity index (χ2n) is 4.78. The van der Waals surface area contributed by atoms with Crippen molar-refractivity contribution in [2.24, 2.45) is 0 Å². The van der Waals surface area contributed by atoms with Crippen LogP contribution in [-0.2, 0) is 16.1 Å². The van der Waals surface area contributed by atoms with Crippen molar-refractivity contribution in [1.29, 1.82) is 0 Å². The van der Waals surface area contributed by atoms with Gasteiger partial charge < -0.3 is 15.4 Å². The molecule has 0 unspecified atom stereocenters. The number of nitrogens with one attached hydrogen (secondary N) is 2. The molecule has 2 N–H and O–H groups in total. The molecule has 1 aromatic heterocycles. The Kier molecular flexibility index (Phi) is 7.86. The first-order valence-electron chi connectivity index (χ1n) is 7.12. The van der Waals surface area contributed by atoms with Crippen molar-refractivity contribution in [2.75, 3.05) is 13.7 Å². The SMILES string of the molecule is COc1ccc(CNC(=O)CCCCCNC(C)=O)cn1. The molecule has 6 nitrogen and oxygen atoms in total. The summed E-state index contributed by atoms with van der Waals surface area (Å²) in [5, 5.41) is 5.59. The molecule has 116 valence electrons. The lowest BCUT2D eigenvalue weighted by molar-refractivity contribution is -0.121. The zero-order valence-electron chi connectivity index (χ0n) is 12.6. The topological polar surface area (TPSA) is 80.3 Å². The number of hydrogen-bond acceptors (Lipinski definition) is 4. The summed E-state index contributed by atoms with van der Waals surface area (Å²) < 4.78 is 4.97. The van der Waals surface area contributed by atoms with Crippen LogP contribution in [0.15, 0.2) is 18.3 Å². The lowest BCUT2D eigenvalue weighted by atomic mass is 10.2. The Labute approximate surface area is 125 Å². The number of pyridine rings is 1. The van der Waals surface area contributed by atoms with E-state index in [2.05, 4.69) is 15.6 Å². The Hall–Kier alpha value is -2.11. The van der Waals surface area contributed by atoms with Crippen LogP contribution in [0.25, 0.3) is 0 Å². The summed E-state index contributed by atoms with van der Waals surface area (Å²) in [4.78, 5) is 26.4. The summed E-state index contributed by atoms with van der Waals surface area (Å²) in [6, 6.07) is 3.64. The third kappa shape index (κ3) is 7.91. The summed E-state index contributed by atoms with van der Waals surface area (Å²) in [5.41, 5.74) is 0.940. The van der Waals surface area contributed by atoms with Crippen molar-refractivity contribution in [3.63, 3.8) is 0 Å². The summed E-state index contributed by atoms with van der Waals surface area (Å²) in [6.07, 6.45) is 4.84. The highest BCUT2D eigenvalue weighted by Crippen LogP contribution is 2.06. The molecule has 0 bridgehead atoms. The summed E-state index contributed by atoms with van der Waals surface area (Å²) in [6.45, 7) is 2.65. The van der Waals surface area contributed by atoms with Crippen molar-refractivity contribution in [3.8, 4) is 5.88 Å². The minimum absolute atomic E-state index is 0.0131. The number of hydrogen-bond donors (Lipinski definition) is 2. The van der Waals surface area contributed by atoms with E-state index in [1.165, 1.54) is 6.92 Å². The fourth-order valence-electron chi connectivity index (χ4n) is 1.78. The van der Waals surface area contributed by atoms with Gasteiger partial charge in [0.25, 0.3) is 0 Å². The lowest BCUT2D eigenvalue weighted by Gasteiger charge is -2.06. The Morgan fingerprint density at radius 3 is 2.62 bits per heavy atom. The molecule has 0 aliphatic carbocycles. The van der Waals surface area contributed by atoms with Crippen LogP contribution < -0.4 is 15.4 Å². The Bertz CT molecular complexity index is 446. The molecule has 0 aliphatic heterocycles. The normalized spacial score (nSPS) is 10.0. The average Bonchev–Trinajstić information content (AvgIpc) is 2.49. The van der Waals surface area contributed by atoms with Crippen LogP contribution in [0.2, 0.25) is 0 Å². The van der Waals surface area contributed by atoms with Gasteiger partial charge in [-0.1, -0.05) is 12.5 Å². The minimum Gasteiger partial charge on any atom is -0.481 e. The first kappa shape index (κ1) is 16.9. The monoisotopic (exact) mass is 293 g/mol. The zero-order valence-corrected chi connectivity index (χ0v) is 12.6. The van der Waals surface area contributed by atoms with Crippen LogP contribution in [0.1, 0.15) is 38.2 Å². The molecule has 1 heterocycles. The molecule has 0 radical (unpaired) electrons. The minimum atomic E-state index is -0.0131. The second kappa shape index (κ2) is 9.74. The Balaban J connectivity index is 2.09. The predicted molar refractivity (Wildman–Crippen MR) is 79.8 cm³/mol. The highest BCUT2D eigenvalue weighted by Gasteiger charge is 2.02. The van der Waals surface area contributed by atoms with Gasteiger partial charge in [0, 0.05) is 38.7 Å². The standard InChI is InChI=1S/C15H23N3O3/c1-12(19)16-9-5-3-4-6-14(20)17-10-13-7-8-15(21-2)18-11-13/h7-8,11H,3-6,9-10H2,1-2H3,(H,16,19)(H,17,20). The number of rotatable bonds is 9. The highest BCUT2D eigenvalue weighted by molar-refractivity contribution is 5.75. The number of carbonyl (C=O) groups is 2. The number of carbonyl (C=O) groups excluding carboxylic acids is 2. The number of aromatic nitrogens is 1. The van der Waals surface area contributed by atoms with Crippen LogP contribution in [0.5, 0.6) is 5.88 Å². The summed E-state index contributed by atoms with van der Waals surface area (Å²) in [5.74, 6) is 0.579. The molecule has 0 spiro atoms. The number of ether oxygens (including phenoxy) is 1. The van der Waals surface area contributed by atoms with Gasteiger partial charge in [-0.05, 0) is 18.4 Å². The van der Waals surface area contributed by atoms with Gasteiger partial charge in [-0.15, -0.1) is 0 Å². The third-order valence-corrected chi connectivity index (χ3v) is 2.95. The van der Waals surface area contributed by atoms with Crippen molar-refractivity contribution in [1.82, 2.24) is 15.6 Å². The van der Waals surface area contributed by atoms with Gasteiger partial charge in [-0.3, -0.25) is 9.59 Å². The van der Waals surface area contributed by atoms with E-state index in [1.807, 2.05) is 6.07 Å². The van der Waals surface area contributed by atoms with Crippen molar-refractivity contribution in [3.05, 3.63) is 23.9 Å². The van der Waals surface area contributed by atoms with E-state index in [9.17, 15) is 9.59 Å². The molecule has 0 saturated heterocycles. The molecular formula is C15H23N3O3. The van der Waals surface area contributed by atoms with Crippen molar-refractivity contribution < 1.29 is 14.3 Å². The maximum atomic E-state index is 11.7. The number of methoxy groups -OCH3 is 1. The first-order chi connectivity index (χ1) is 10.1. The molecule has 6 heteroatoms. The van der Waals surface area contributed by atoms with Crippen LogP contribution in [-0.4, -0.2) is 30.5 Å². The van der Waals surface area contributed by atoms with Gasteiger partial charge in [0.2, 0.25) is 17.7 Å². The molecule has 1 aromatic rings. The van der Waals surface area contributed by atoms with Crippen LogP contribution in [0, 0.1) is 0 Å². The summed E-state index contributed by atoms with van der Waals surface area (Å²) in [7, 11) is 1.57. The second-order valence-corrected chi connectivity index (χ2v) is 4.78. The number of amides is 2. The van der Waals surface area contributed by atoms with E-state index in [0.717, 1.165) is 24.8 Å². The van der Waals surface area contributed by atoms with Crippen molar-refractivity contribution in [2.45, 2.75) is 39.2 Å². The largest absolute Gasteiger partial charge is 0.481 e. The van der Waals surface area contributed by atoms with Crippen LogP contribution in [0.4, 0.5) is 0 Å². The highest BCUT2D eigenvalue weighted by atomic mass is 16.5. The third-order valence-electron chi connectivity index (χ3n) is 2.95.